The second kappa shape index (κ2) is 27.5. The summed E-state index contributed by atoms with van der Waals surface area (Å²) in [5.74, 6) is -2.73. The Morgan fingerprint density at radius 3 is 0.909 bits per heavy atom. The largest absolute Gasteiger partial charge is 0.550 e. The first kappa shape index (κ1) is 51.8. The van der Waals surface area contributed by atoms with E-state index in [1.165, 1.54) is 67.3 Å². The van der Waals surface area contributed by atoms with Crippen LogP contribution in [-0.2, 0) is 9.59 Å². The Kier molecular flexibility index (Phi) is 21.6. The molecule has 0 N–H and O–H groups in total. The van der Waals surface area contributed by atoms with Crippen molar-refractivity contribution in [2.24, 2.45) is 0 Å². The summed E-state index contributed by atoms with van der Waals surface area (Å²) in [5.41, 5.74) is 15.2. The molecule has 0 unspecified atom stereocenters. The molecule has 0 aromatic heterocycles. The molecule has 0 atom stereocenters. The smallest absolute Gasteiger partial charge is 0.199 e. The third-order valence-corrected chi connectivity index (χ3v) is 11.8. The zero-order valence-electron chi connectivity index (χ0n) is 40.5. The van der Waals surface area contributed by atoms with Crippen molar-refractivity contribution in [3.05, 3.63) is 191 Å². The van der Waals surface area contributed by atoms with Crippen LogP contribution in [-0.4, -0.2) is 84.9 Å². The van der Waals surface area contributed by atoms with Crippen LogP contribution in [0.5, 0.6) is 0 Å². The highest BCUT2D eigenvalue weighted by atomic mass is 16.4. The molecule has 4 aromatic rings. The molecule has 8 heteroatoms. The van der Waals surface area contributed by atoms with E-state index in [0.29, 0.717) is 0 Å². The molecule has 6 rings (SSSR count). The summed E-state index contributed by atoms with van der Waals surface area (Å²) in [5, 5.41) is 19.0. The minimum Gasteiger partial charge on any atom is -0.550 e. The number of anilines is 2. The van der Waals surface area contributed by atoms with Gasteiger partial charge in [-0.15, -0.1) is 0 Å². The van der Waals surface area contributed by atoms with Gasteiger partial charge < -0.3 is 29.6 Å². The molecule has 66 heavy (non-hydrogen) atoms. The molecule has 0 amide bonds. The van der Waals surface area contributed by atoms with Crippen LogP contribution in [0.2, 0.25) is 0 Å². The van der Waals surface area contributed by atoms with E-state index in [1.54, 1.807) is 0 Å². The molecule has 2 aliphatic rings. The van der Waals surface area contributed by atoms with E-state index in [1.807, 2.05) is 0 Å². The second-order valence-electron chi connectivity index (χ2n) is 15.6. The Labute approximate surface area is 395 Å². The molecule has 0 radical (unpaired) electrons. The van der Waals surface area contributed by atoms with Gasteiger partial charge in [-0.25, -0.2) is 9.15 Å². The maximum Gasteiger partial charge on any atom is 0.199 e. The normalized spacial score (nSPS) is 12.4. The van der Waals surface area contributed by atoms with Gasteiger partial charge in [0.05, 0.1) is 0 Å². The fourth-order valence-electron chi connectivity index (χ4n) is 8.12. The molecule has 0 fully saturated rings. The number of carbonyl (C=O) groups is 2. The molecule has 2 aliphatic carbocycles. The highest BCUT2D eigenvalue weighted by Crippen LogP contribution is 2.32. The summed E-state index contributed by atoms with van der Waals surface area (Å²) in [6.45, 7) is 25.8. The first-order valence-corrected chi connectivity index (χ1v) is 23.7. The Hall–Kier alpha value is -6.80. The molecule has 346 valence electrons. The van der Waals surface area contributed by atoms with Crippen molar-refractivity contribution in [1.29, 1.82) is 0 Å². The standard InChI is InChI=1S/2C27H33N2.C4H6O4/c2*1-5-28(6-2)25-18-14-23(15-19-25)27(22-12-10-9-11-13-22)24-16-20-26(21-17-24)29(7-3)8-4;5-3(6)1-2-4(7)8/h2*9-21H,5-8H2,1-4H3;1-2H2,(H,5,6)(H,7,8)/q2*+1;/p-2. The lowest BCUT2D eigenvalue weighted by Crippen LogP contribution is -2.27. The minimum atomic E-state index is -1.37. The SMILES string of the molecule is CCN(CC)c1ccc(C(=C2C=CC(=[N+](CC)CC)C=C2)c2ccccc2)cc1.CCN(CC)c1ccc(C(=C2C=CC(=[N+](CC)CC)C=C2)c2ccccc2)cc1.O=C([O-])CCC(=O)[O-]. The molecule has 0 saturated carbocycles. The fraction of sp³-hybridized carbons (Fsp3) is 0.310. The first-order chi connectivity index (χ1) is 32.0. The Bertz CT molecular complexity index is 2210. The van der Waals surface area contributed by atoms with Crippen molar-refractivity contribution in [3.8, 4) is 0 Å². The van der Waals surface area contributed by atoms with E-state index < -0.39 is 24.8 Å². The van der Waals surface area contributed by atoms with Crippen LogP contribution in [0.15, 0.2) is 169 Å². The van der Waals surface area contributed by atoms with Crippen LogP contribution < -0.4 is 20.0 Å². The molecule has 0 saturated heterocycles. The quantitative estimate of drug-likeness (QED) is 0.0983. The van der Waals surface area contributed by atoms with Gasteiger partial charge in [0, 0.05) is 73.8 Å². The van der Waals surface area contributed by atoms with Gasteiger partial charge in [0.2, 0.25) is 0 Å². The van der Waals surface area contributed by atoms with Gasteiger partial charge in [0.1, 0.15) is 26.2 Å². The van der Waals surface area contributed by atoms with Crippen molar-refractivity contribution >= 4 is 45.9 Å². The van der Waals surface area contributed by atoms with Crippen molar-refractivity contribution < 1.29 is 29.0 Å². The predicted octanol–water partition coefficient (Wildman–Crippen LogP) is 9.17. The topological polar surface area (TPSA) is 92.8 Å². The molecular formula is C58H70N4O4. The Balaban J connectivity index is 0.000000248. The van der Waals surface area contributed by atoms with Gasteiger partial charge in [-0.3, -0.25) is 0 Å². The highest BCUT2D eigenvalue weighted by Gasteiger charge is 2.16. The molecule has 0 aliphatic heterocycles. The number of carbonyl (C=O) groups excluding carboxylic acids is 2. The van der Waals surface area contributed by atoms with Crippen molar-refractivity contribution in [2.45, 2.75) is 68.2 Å². The van der Waals surface area contributed by atoms with E-state index in [2.05, 4.69) is 232 Å². The third kappa shape index (κ3) is 14.9. The molecule has 0 bridgehead atoms. The maximum atomic E-state index is 9.50. The average molecular weight is 887 g/mol. The molecule has 8 nitrogen and oxygen atoms in total. The van der Waals surface area contributed by atoms with Crippen molar-refractivity contribution in [2.75, 3.05) is 62.2 Å². The molecular weight excluding hydrogens is 817 g/mol. The molecule has 4 aromatic carbocycles. The van der Waals surface area contributed by atoms with Crippen molar-refractivity contribution in [3.63, 3.8) is 0 Å². The highest BCUT2D eigenvalue weighted by molar-refractivity contribution is 6.04. The van der Waals surface area contributed by atoms with Gasteiger partial charge >= 0.3 is 0 Å². The summed E-state index contributed by atoms with van der Waals surface area (Å²) < 4.78 is 4.76. The maximum absolute atomic E-state index is 9.50. The lowest BCUT2D eigenvalue weighted by Gasteiger charge is -2.22. The number of hydrogen-bond donors (Lipinski definition) is 0. The zero-order chi connectivity index (χ0) is 47.8. The van der Waals surface area contributed by atoms with Gasteiger partial charge in [-0.1, -0.05) is 84.9 Å². The predicted molar refractivity (Wildman–Crippen MR) is 273 cm³/mol. The summed E-state index contributed by atoms with van der Waals surface area (Å²) >= 11 is 0. The average Bonchev–Trinajstić information content (AvgIpc) is 3.35. The second-order valence-corrected chi connectivity index (χ2v) is 15.6. The van der Waals surface area contributed by atoms with Crippen LogP contribution in [0.3, 0.4) is 0 Å². The van der Waals surface area contributed by atoms with Crippen LogP contribution in [0.25, 0.3) is 11.1 Å². The van der Waals surface area contributed by atoms with Gasteiger partial charge in [0.25, 0.3) is 0 Å². The summed E-state index contributed by atoms with van der Waals surface area (Å²) in [4.78, 5) is 23.8. The number of nitrogens with zero attached hydrogens (tertiary/aromatic N) is 4. The number of rotatable bonds is 17. The molecule has 0 heterocycles. The van der Waals surface area contributed by atoms with Gasteiger partial charge in [-0.05, 0) is 161 Å². The Morgan fingerprint density at radius 2 is 0.667 bits per heavy atom. The fourth-order valence-corrected chi connectivity index (χ4v) is 8.12. The van der Waals surface area contributed by atoms with E-state index in [-0.39, 0.29) is 0 Å². The zero-order valence-corrected chi connectivity index (χ0v) is 40.5. The number of benzene rings is 4. The number of hydrogen-bond acceptors (Lipinski definition) is 6. The lowest BCUT2D eigenvalue weighted by atomic mass is 9.90. The van der Waals surface area contributed by atoms with E-state index in [4.69, 9.17) is 0 Å². The number of carboxylic acid groups (broad SMARTS) is 2. The monoisotopic (exact) mass is 887 g/mol. The van der Waals surface area contributed by atoms with Crippen LogP contribution in [0.4, 0.5) is 11.4 Å². The number of carboxylic acids is 2. The minimum absolute atomic E-state index is 0.470. The first-order valence-electron chi connectivity index (χ1n) is 23.7. The van der Waals surface area contributed by atoms with Crippen molar-refractivity contribution in [1.82, 2.24) is 0 Å². The number of allylic oxidation sites excluding steroid dienone is 10. The van der Waals surface area contributed by atoms with E-state index in [9.17, 15) is 19.8 Å². The number of aliphatic carboxylic acids is 2. The van der Waals surface area contributed by atoms with E-state index in [0.717, 1.165) is 52.4 Å². The summed E-state index contributed by atoms with van der Waals surface area (Å²) in [7, 11) is 0. The third-order valence-electron chi connectivity index (χ3n) is 11.8. The molecule has 0 spiro atoms. The summed E-state index contributed by atoms with van der Waals surface area (Å²) in [6.07, 6.45) is 17.1. The summed E-state index contributed by atoms with van der Waals surface area (Å²) in [6, 6.07) is 39.4. The van der Waals surface area contributed by atoms with Crippen LogP contribution in [0.1, 0.15) is 90.5 Å². The van der Waals surface area contributed by atoms with Gasteiger partial charge in [-0.2, -0.15) is 0 Å². The Morgan fingerprint density at radius 1 is 0.394 bits per heavy atom. The van der Waals surface area contributed by atoms with Gasteiger partial charge in [0.15, 0.2) is 11.4 Å². The van der Waals surface area contributed by atoms with Crippen LogP contribution in [0, 0.1) is 0 Å². The lowest BCUT2D eigenvalue weighted by molar-refractivity contribution is -0.519. The van der Waals surface area contributed by atoms with E-state index >= 15 is 0 Å². The van der Waals surface area contributed by atoms with Crippen LogP contribution >= 0.6 is 0 Å².